The van der Waals surface area contributed by atoms with Crippen molar-refractivity contribution in [1.82, 2.24) is 5.32 Å². The molecule has 13 nitrogen and oxygen atoms in total. The molecule has 10 atom stereocenters. The predicted octanol–water partition coefficient (Wildman–Crippen LogP) is 1.01. The van der Waals surface area contributed by atoms with Crippen LogP contribution in [-0.4, -0.2) is 104 Å². The Morgan fingerprint density at radius 2 is 1.51 bits per heavy atom. The standard InChI is InChI=1S/C37H42NO12.2Ac.Np/c1-19-23(49-33(45)22(39)17-38-31(43)20-11-7-5-8-12-20)16-37(47)30(50-32(44)21-13-9-6-10-14-21)28-35(4,24(40)15-25-36(28,46)18-48-25)29(42)27(41)26(19)34(37,2)3;;;/h5-14,17,22-25,27-28,30,39-41,46-47H,15-16,18H2,1-4H3,(H,38,43);;;/q-1;;;/t22?,23?,24?,25?,27?,28?,30?,35-,36+,37?;;;/m1.../s1. The third kappa shape index (κ3) is 8.03. The van der Waals surface area contributed by atoms with Crippen LogP contribution < -0.4 is 5.32 Å². The number of hydrogen-bond donors (Lipinski definition) is 6. The van der Waals surface area contributed by atoms with E-state index in [1.165, 1.54) is 38.1 Å². The Bertz CT molecular complexity index is 1730. The number of rotatable bonds is 7. The van der Waals surface area contributed by atoms with Crippen molar-refractivity contribution in [2.24, 2.45) is 16.7 Å². The molecule has 1 amide bonds. The molecule has 1 aliphatic heterocycles. The number of aliphatic hydroxyl groups excluding tert-OH is 3. The van der Waals surface area contributed by atoms with Crippen molar-refractivity contribution >= 4 is 23.6 Å². The summed E-state index contributed by atoms with van der Waals surface area (Å²) >= 11 is 0. The number of hydrogen-bond acceptors (Lipinski definition) is 12. The molecular weight excluding hydrogens is 1340 g/mol. The number of carbonyl (C=O) groups is 4. The number of fused-ring (bicyclic) bond motifs is 5. The van der Waals surface area contributed by atoms with Crippen LogP contribution in [0.15, 0.2) is 71.8 Å². The third-order valence-electron chi connectivity index (χ3n) is 11.5. The van der Waals surface area contributed by atoms with Crippen LogP contribution in [0.1, 0.15) is 61.3 Å². The van der Waals surface area contributed by atoms with Gasteiger partial charge in [-0.25, -0.2) is 11.3 Å². The first-order chi connectivity index (χ1) is 23.5. The zero-order chi connectivity index (χ0) is 36.4. The van der Waals surface area contributed by atoms with Gasteiger partial charge in [-0.2, -0.15) is 0 Å². The minimum Gasteiger partial charge on any atom is -0.499 e. The maximum Gasteiger partial charge on any atom is 0.338 e. The molecule has 6 N–H and O–H groups in total. The quantitative estimate of drug-likeness (QED) is 0.131. The molecule has 8 unspecified atom stereocenters. The summed E-state index contributed by atoms with van der Waals surface area (Å²) in [6, 6.07) is 16.0. The van der Waals surface area contributed by atoms with E-state index in [9.17, 15) is 44.7 Å². The Balaban J connectivity index is 0.00000252. The van der Waals surface area contributed by atoms with Gasteiger partial charge in [-0.1, -0.05) is 50.2 Å². The minimum atomic E-state index is -2.27. The van der Waals surface area contributed by atoms with Crippen LogP contribution in [0, 0.1) is 141 Å². The van der Waals surface area contributed by atoms with Crippen molar-refractivity contribution in [3.8, 4) is 0 Å². The Morgan fingerprint density at radius 3 is 2.06 bits per heavy atom. The van der Waals surface area contributed by atoms with Crippen molar-refractivity contribution in [1.29, 1.82) is 0 Å². The zero-order valence-corrected chi connectivity index (χ0v) is 42.9. The third-order valence-corrected chi connectivity index (χ3v) is 11.5. The average molecular weight is 1380 g/mol. The first kappa shape index (κ1) is 47.3. The van der Waals surface area contributed by atoms with Crippen LogP contribution in [0.5, 0.6) is 0 Å². The summed E-state index contributed by atoms with van der Waals surface area (Å²) in [5, 5.41) is 61.5. The fraction of sp³-hybridized carbons (Fsp3) is 0.486. The second kappa shape index (κ2) is 17.8. The minimum absolute atomic E-state index is 0. The monoisotopic (exact) mass is 1380 g/mol. The molecule has 2 aromatic rings. The Labute approximate surface area is 401 Å². The molecule has 2 bridgehead atoms. The molecule has 4 aliphatic rings. The maximum absolute atomic E-state index is 14.5. The number of ether oxygens (including phenoxy) is 3. The molecule has 3 fully saturated rings. The Hall–Kier alpha value is -0.0839. The summed E-state index contributed by atoms with van der Waals surface area (Å²) in [6.45, 7) is 6.51. The summed E-state index contributed by atoms with van der Waals surface area (Å²) < 4.78 is 17.4. The SMILES string of the molecule is CC1=C2C(O)C(=O)[C@]3(C)C(O)CC4OC[C@@]4(O)C3C(OC(=O)c3ccccc3)C(O)(CC1OC(=O)C(O)[CH-]NC(=O)c1ccccc1)C2(C)C.[Ac].[Ac].[Np]. The van der Waals surface area contributed by atoms with E-state index in [-0.39, 0.29) is 153 Å². The Morgan fingerprint density at radius 1 is 0.943 bits per heavy atom. The van der Waals surface area contributed by atoms with Crippen molar-refractivity contribution in [3.05, 3.63) is 89.5 Å². The molecule has 3 aliphatic carbocycles. The second-order valence-electron chi connectivity index (χ2n) is 14.5. The summed E-state index contributed by atoms with van der Waals surface area (Å²) in [5.41, 5.74) is -7.11. The molecule has 0 spiro atoms. The van der Waals surface area contributed by atoms with Crippen LogP contribution >= 0.6 is 0 Å². The predicted molar refractivity (Wildman–Crippen MR) is 174 cm³/mol. The van der Waals surface area contributed by atoms with Gasteiger partial charge in [-0.05, 0) is 49.3 Å². The van der Waals surface area contributed by atoms with Gasteiger partial charge in [0.05, 0.1) is 29.8 Å². The molecule has 2 saturated carbocycles. The number of Topliss-reactive ketones (excluding diaryl/α,β-unsaturated/α-hetero) is 1. The van der Waals surface area contributed by atoms with Crippen LogP contribution in [0.3, 0.4) is 0 Å². The van der Waals surface area contributed by atoms with E-state index >= 15 is 0 Å². The number of esters is 2. The van der Waals surface area contributed by atoms with Gasteiger partial charge in [0.25, 0.3) is 0 Å². The zero-order valence-electron chi connectivity index (χ0n) is 29.7. The van der Waals surface area contributed by atoms with E-state index in [0.717, 1.165) is 6.54 Å². The van der Waals surface area contributed by atoms with Gasteiger partial charge >= 0.3 is 11.9 Å². The topological polar surface area (TPSA) is 209 Å². The van der Waals surface area contributed by atoms with Crippen LogP contribution in [0.2, 0.25) is 0 Å². The number of ketones is 1. The smallest absolute Gasteiger partial charge is 0.338 e. The molecule has 6 rings (SSSR count). The first-order valence-corrected chi connectivity index (χ1v) is 16.5. The number of carbonyl (C=O) groups excluding carboxylic acids is 4. The van der Waals surface area contributed by atoms with Gasteiger partial charge in [-0.15, -0.1) is 0 Å². The average Bonchev–Trinajstić information content (AvgIpc) is 3.09. The summed E-state index contributed by atoms with van der Waals surface area (Å²) in [7, 11) is 0. The summed E-state index contributed by atoms with van der Waals surface area (Å²) in [5.74, 6) is -5.09. The van der Waals surface area contributed by atoms with Gasteiger partial charge in [0, 0.05) is 154 Å². The fourth-order valence-electron chi connectivity index (χ4n) is 8.48. The van der Waals surface area contributed by atoms with Crippen molar-refractivity contribution in [2.45, 2.75) is 88.4 Å². The van der Waals surface area contributed by atoms with Gasteiger partial charge < -0.3 is 45.1 Å². The molecule has 279 valence electrons. The number of benzene rings is 2. The van der Waals surface area contributed by atoms with E-state index in [2.05, 4.69) is 5.32 Å². The van der Waals surface area contributed by atoms with E-state index in [4.69, 9.17) is 14.2 Å². The van der Waals surface area contributed by atoms with E-state index in [0.29, 0.717) is 0 Å². The largest absolute Gasteiger partial charge is 0.499 e. The van der Waals surface area contributed by atoms with Crippen molar-refractivity contribution in [3.63, 3.8) is 0 Å². The van der Waals surface area contributed by atoms with Gasteiger partial charge in [0.1, 0.15) is 29.5 Å². The van der Waals surface area contributed by atoms with Gasteiger partial charge in [0.2, 0.25) is 5.91 Å². The Kier molecular flexibility index (Phi) is 15.9. The molecule has 53 heavy (non-hydrogen) atoms. The molecule has 3 radical (unpaired) electrons. The second-order valence-corrected chi connectivity index (χ2v) is 14.5. The van der Waals surface area contributed by atoms with Crippen LogP contribution in [0.25, 0.3) is 0 Å². The van der Waals surface area contributed by atoms with E-state index < -0.39 is 94.6 Å². The molecule has 0 aromatic heterocycles. The van der Waals surface area contributed by atoms with Gasteiger partial charge in [0.15, 0.2) is 5.78 Å². The van der Waals surface area contributed by atoms with Crippen molar-refractivity contribution < 1.29 is 177 Å². The molecule has 1 heterocycles. The van der Waals surface area contributed by atoms with Crippen molar-refractivity contribution in [2.75, 3.05) is 6.61 Å². The molecule has 1 saturated heterocycles. The van der Waals surface area contributed by atoms with E-state index in [1.54, 1.807) is 50.2 Å². The number of amides is 1. The summed E-state index contributed by atoms with van der Waals surface area (Å²) in [6.07, 6.45) is -10.1. The number of aliphatic hydroxyl groups is 5. The molecule has 16 heteroatoms. The fourth-order valence-corrected chi connectivity index (χ4v) is 8.48. The summed E-state index contributed by atoms with van der Waals surface area (Å²) in [4.78, 5) is 54.0. The number of nitrogens with one attached hydrogen (secondary N) is 1. The van der Waals surface area contributed by atoms with Gasteiger partial charge in [-0.3, -0.25) is 14.4 Å². The normalized spacial score (nSPS) is 34.3. The van der Waals surface area contributed by atoms with Crippen LogP contribution in [-0.2, 0) is 23.8 Å². The maximum atomic E-state index is 14.5. The van der Waals surface area contributed by atoms with Crippen LogP contribution in [0.4, 0.5) is 0 Å². The first-order valence-electron chi connectivity index (χ1n) is 16.5. The molecular formula is C37H42Ac2NNpO12-. The molecule has 2 aromatic carbocycles. The van der Waals surface area contributed by atoms with E-state index in [1.807, 2.05) is 0 Å².